The van der Waals surface area contributed by atoms with Gasteiger partial charge in [-0.15, -0.1) is 0 Å². The van der Waals surface area contributed by atoms with Crippen molar-refractivity contribution in [1.82, 2.24) is 19.1 Å². The number of fused-ring (bicyclic) bond motifs is 2. The van der Waals surface area contributed by atoms with E-state index in [-0.39, 0.29) is 6.03 Å². The van der Waals surface area contributed by atoms with Crippen LogP contribution < -0.4 is 9.62 Å². The van der Waals surface area contributed by atoms with Crippen LogP contribution in [0.15, 0.2) is 49.1 Å². The van der Waals surface area contributed by atoms with Crippen LogP contribution in [0.4, 0.5) is 16.2 Å². The standard InChI is InChI=1S/C17H16N6OS/c1-21-9-18-15-11(5-3-6-12(15)21)20-17(24)23(25)14-8-4-7-13-16(14)19-10-22(13)2/h3-10,25H,1-2H3,(H,20,24). The van der Waals surface area contributed by atoms with Crippen molar-refractivity contribution in [3.8, 4) is 0 Å². The predicted octanol–water partition coefficient (Wildman–Crippen LogP) is 3.34. The lowest BCUT2D eigenvalue weighted by Gasteiger charge is -2.17. The summed E-state index contributed by atoms with van der Waals surface area (Å²) in [6.07, 6.45) is 3.43. The number of para-hydroxylation sites is 2. The largest absolute Gasteiger partial charge is 0.336 e. The minimum Gasteiger partial charge on any atom is -0.334 e. The zero-order chi connectivity index (χ0) is 17.6. The molecule has 4 aromatic rings. The Morgan fingerprint density at radius 3 is 2.32 bits per heavy atom. The highest BCUT2D eigenvalue weighted by molar-refractivity contribution is 7.82. The van der Waals surface area contributed by atoms with Crippen molar-refractivity contribution < 1.29 is 4.79 Å². The van der Waals surface area contributed by atoms with Gasteiger partial charge in [0.15, 0.2) is 0 Å². The van der Waals surface area contributed by atoms with E-state index in [9.17, 15) is 4.79 Å². The fourth-order valence-corrected chi connectivity index (χ4v) is 3.06. The lowest BCUT2D eigenvalue weighted by Crippen LogP contribution is -2.27. The summed E-state index contributed by atoms with van der Waals surface area (Å²) in [5, 5.41) is 2.87. The van der Waals surface area contributed by atoms with Gasteiger partial charge in [0.2, 0.25) is 0 Å². The van der Waals surface area contributed by atoms with Gasteiger partial charge in [-0.1, -0.05) is 24.9 Å². The van der Waals surface area contributed by atoms with E-state index >= 15 is 0 Å². The lowest BCUT2D eigenvalue weighted by molar-refractivity contribution is 0.260. The predicted molar refractivity (Wildman–Crippen MR) is 102 cm³/mol. The first-order valence-electron chi connectivity index (χ1n) is 7.66. The van der Waals surface area contributed by atoms with Gasteiger partial charge in [-0.2, -0.15) is 0 Å². The number of aromatic nitrogens is 4. The van der Waals surface area contributed by atoms with Crippen LogP contribution >= 0.6 is 12.8 Å². The first-order valence-corrected chi connectivity index (χ1v) is 8.06. The number of carbonyl (C=O) groups is 1. The summed E-state index contributed by atoms with van der Waals surface area (Å²) in [5.41, 5.74) is 4.57. The number of urea groups is 1. The van der Waals surface area contributed by atoms with E-state index in [1.807, 2.05) is 59.6 Å². The van der Waals surface area contributed by atoms with E-state index in [0.717, 1.165) is 16.6 Å². The maximum absolute atomic E-state index is 12.7. The smallest absolute Gasteiger partial charge is 0.334 e. The molecule has 2 amide bonds. The Labute approximate surface area is 149 Å². The van der Waals surface area contributed by atoms with Gasteiger partial charge in [0, 0.05) is 14.1 Å². The zero-order valence-corrected chi connectivity index (χ0v) is 14.6. The Morgan fingerprint density at radius 1 is 1.00 bits per heavy atom. The number of carbonyl (C=O) groups excluding carboxylic acids is 1. The molecular weight excluding hydrogens is 336 g/mol. The van der Waals surface area contributed by atoms with E-state index in [4.69, 9.17) is 0 Å². The fraction of sp³-hybridized carbons (Fsp3) is 0.118. The molecule has 2 aromatic heterocycles. The van der Waals surface area contributed by atoms with E-state index < -0.39 is 0 Å². The number of anilines is 2. The molecule has 0 spiro atoms. The summed E-state index contributed by atoms with van der Waals surface area (Å²) in [7, 11) is 3.82. The third-order valence-corrected chi connectivity index (χ3v) is 4.55. The summed E-state index contributed by atoms with van der Waals surface area (Å²) in [6.45, 7) is 0. The van der Waals surface area contributed by atoms with E-state index in [1.54, 1.807) is 12.7 Å². The molecule has 0 radical (unpaired) electrons. The molecule has 126 valence electrons. The molecule has 7 nitrogen and oxygen atoms in total. The SMILES string of the molecule is Cn1cnc2c(NC(=O)N(S)c3cccc4c3ncn4C)cccc21. The van der Waals surface area contributed by atoms with Crippen molar-refractivity contribution in [3.63, 3.8) is 0 Å². The number of amides is 2. The molecule has 4 rings (SSSR count). The van der Waals surface area contributed by atoms with Gasteiger partial charge in [0.1, 0.15) is 11.0 Å². The molecule has 1 N–H and O–H groups in total. The van der Waals surface area contributed by atoms with Gasteiger partial charge in [0.05, 0.1) is 35.1 Å². The maximum Gasteiger partial charge on any atom is 0.336 e. The quantitative estimate of drug-likeness (QED) is 0.544. The van der Waals surface area contributed by atoms with Crippen LogP contribution in [0.2, 0.25) is 0 Å². The number of hydrogen-bond donors (Lipinski definition) is 2. The summed E-state index contributed by atoms with van der Waals surface area (Å²) >= 11 is 4.38. The van der Waals surface area contributed by atoms with Crippen LogP contribution in [0.1, 0.15) is 0 Å². The zero-order valence-electron chi connectivity index (χ0n) is 13.7. The number of hydrogen-bond acceptors (Lipinski definition) is 4. The summed E-state index contributed by atoms with van der Waals surface area (Å²) in [5.74, 6) is 0. The van der Waals surface area contributed by atoms with Crippen molar-refractivity contribution in [2.24, 2.45) is 14.1 Å². The molecule has 0 aliphatic carbocycles. The van der Waals surface area contributed by atoms with Crippen molar-refractivity contribution >= 4 is 52.3 Å². The van der Waals surface area contributed by atoms with E-state index in [2.05, 4.69) is 28.1 Å². The summed E-state index contributed by atoms with van der Waals surface area (Å²) < 4.78 is 5.06. The van der Waals surface area contributed by atoms with Crippen LogP contribution in [-0.4, -0.2) is 25.1 Å². The number of nitrogens with one attached hydrogen (secondary N) is 1. The fourth-order valence-electron chi connectivity index (χ4n) is 2.85. The summed E-state index contributed by atoms with van der Waals surface area (Å²) in [6, 6.07) is 10.9. The van der Waals surface area contributed by atoms with Crippen LogP contribution in [-0.2, 0) is 14.1 Å². The molecule has 0 saturated heterocycles. The Morgan fingerprint density at radius 2 is 1.60 bits per heavy atom. The minimum absolute atomic E-state index is 0.375. The third kappa shape index (κ3) is 2.51. The molecule has 0 bridgehead atoms. The maximum atomic E-state index is 12.7. The first kappa shape index (κ1) is 15.5. The molecule has 2 aromatic carbocycles. The first-order chi connectivity index (χ1) is 12.1. The van der Waals surface area contributed by atoms with Gasteiger partial charge in [0.25, 0.3) is 0 Å². The van der Waals surface area contributed by atoms with Gasteiger partial charge in [-0.05, 0) is 24.3 Å². The minimum atomic E-state index is -0.375. The molecular formula is C17H16N6OS. The van der Waals surface area contributed by atoms with E-state index in [0.29, 0.717) is 16.9 Å². The van der Waals surface area contributed by atoms with Crippen LogP contribution in [0, 0.1) is 0 Å². The van der Waals surface area contributed by atoms with Gasteiger partial charge >= 0.3 is 6.03 Å². The molecule has 25 heavy (non-hydrogen) atoms. The van der Waals surface area contributed by atoms with Crippen molar-refractivity contribution in [1.29, 1.82) is 0 Å². The Balaban J connectivity index is 1.68. The average Bonchev–Trinajstić information content (AvgIpc) is 3.19. The number of thiol groups is 1. The van der Waals surface area contributed by atoms with E-state index in [1.165, 1.54) is 4.31 Å². The number of nitrogens with zero attached hydrogens (tertiary/aromatic N) is 5. The molecule has 0 atom stereocenters. The number of benzene rings is 2. The van der Waals surface area contributed by atoms with Gasteiger partial charge in [-0.3, -0.25) is 0 Å². The van der Waals surface area contributed by atoms with Crippen molar-refractivity contribution in [2.75, 3.05) is 9.62 Å². The normalized spacial score (nSPS) is 11.2. The second-order valence-electron chi connectivity index (χ2n) is 5.77. The Bertz CT molecular complexity index is 1100. The molecule has 0 fully saturated rings. The Hall–Kier alpha value is -3.00. The van der Waals surface area contributed by atoms with Crippen LogP contribution in [0.5, 0.6) is 0 Å². The molecule has 0 unspecified atom stereocenters. The van der Waals surface area contributed by atoms with Gasteiger partial charge in [-0.25, -0.2) is 19.1 Å². The average molecular weight is 352 g/mol. The second-order valence-corrected chi connectivity index (χ2v) is 6.17. The third-order valence-electron chi connectivity index (χ3n) is 4.15. The molecule has 0 aliphatic heterocycles. The highest BCUT2D eigenvalue weighted by atomic mass is 32.1. The van der Waals surface area contributed by atoms with Gasteiger partial charge < -0.3 is 14.5 Å². The van der Waals surface area contributed by atoms with Crippen molar-refractivity contribution in [2.45, 2.75) is 0 Å². The molecule has 2 heterocycles. The molecule has 0 saturated carbocycles. The van der Waals surface area contributed by atoms with Crippen LogP contribution in [0.25, 0.3) is 22.1 Å². The lowest BCUT2D eigenvalue weighted by atomic mass is 10.2. The molecule has 8 heteroatoms. The molecule has 0 aliphatic rings. The topological polar surface area (TPSA) is 68.0 Å². The highest BCUT2D eigenvalue weighted by Gasteiger charge is 2.18. The number of imidazole rings is 2. The van der Waals surface area contributed by atoms with Crippen LogP contribution in [0.3, 0.4) is 0 Å². The number of rotatable bonds is 2. The Kier molecular flexibility index (Phi) is 3.61. The monoisotopic (exact) mass is 352 g/mol. The number of aryl methyl sites for hydroxylation is 2. The second kappa shape index (κ2) is 5.82. The summed E-state index contributed by atoms with van der Waals surface area (Å²) in [4.78, 5) is 21.4. The highest BCUT2D eigenvalue weighted by Crippen LogP contribution is 2.28. The van der Waals surface area contributed by atoms with Crippen molar-refractivity contribution in [3.05, 3.63) is 49.1 Å².